The lowest BCUT2D eigenvalue weighted by Gasteiger charge is -2.16. The third-order valence-electron chi connectivity index (χ3n) is 1.43. The van der Waals surface area contributed by atoms with Crippen LogP contribution in [0.5, 0.6) is 0 Å². The van der Waals surface area contributed by atoms with Crippen LogP contribution < -0.4 is 5.32 Å². The second kappa shape index (κ2) is 2.80. The number of rotatable bonds is 2. The first-order valence-electron chi connectivity index (χ1n) is 2.91. The fraction of sp³-hybridized carbons (Fsp3) is 0.600. The van der Waals surface area contributed by atoms with Crippen molar-refractivity contribution in [2.45, 2.75) is 4.75 Å². The van der Waals surface area contributed by atoms with Crippen LogP contribution >= 0.6 is 11.8 Å². The predicted octanol–water partition coefficient (Wildman–Crippen LogP) is -1.31. The van der Waals surface area contributed by atoms with Gasteiger partial charge in [0.05, 0.1) is 13.2 Å². The van der Waals surface area contributed by atoms with E-state index in [1.165, 1.54) is 0 Å². The van der Waals surface area contributed by atoms with Crippen LogP contribution in [0.1, 0.15) is 0 Å². The normalized spacial score (nSPS) is 22.0. The van der Waals surface area contributed by atoms with E-state index < -0.39 is 29.1 Å². The highest BCUT2D eigenvalue weighted by Gasteiger charge is 2.47. The highest BCUT2D eigenvalue weighted by atomic mass is 32.2. The van der Waals surface area contributed by atoms with Crippen molar-refractivity contribution in [1.82, 2.24) is 5.32 Å². The Balaban J connectivity index is 2.84. The third kappa shape index (κ3) is 1.24. The largest absolute Gasteiger partial charge is 0.394 e. The van der Waals surface area contributed by atoms with Gasteiger partial charge in [0.25, 0.3) is 5.24 Å². The number of carbonyl (C=O) groups is 2. The van der Waals surface area contributed by atoms with Gasteiger partial charge >= 0.3 is 0 Å². The molecule has 0 atom stereocenters. The van der Waals surface area contributed by atoms with E-state index in [0.717, 1.165) is 0 Å². The summed E-state index contributed by atoms with van der Waals surface area (Å²) in [5.41, 5.74) is 0. The molecule has 0 aromatic carbocycles. The molecule has 1 fully saturated rings. The highest BCUT2D eigenvalue weighted by Crippen LogP contribution is 2.30. The molecule has 2 amide bonds. The van der Waals surface area contributed by atoms with Crippen LogP contribution in [0, 0.1) is 0 Å². The average molecular weight is 177 g/mol. The quantitative estimate of drug-likeness (QED) is 0.487. The summed E-state index contributed by atoms with van der Waals surface area (Å²) in [6.07, 6.45) is 0. The van der Waals surface area contributed by atoms with E-state index in [2.05, 4.69) is 0 Å². The molecule has 1 heterocycles. The number of nitrogens with one attached hydrogen (secondary N) is 1. The molecule has 6 heteroatoms. The van der Waals surface area contributed by atoms with E-state index in [9.17, 15) is 9.59 Å². The standard InChI is InChI=1S/C5H7NO4S/c7-1-5(2-8)3(9)6-4(10)11-5/h7-8H,1-2H2,(H,6,9,10). The van der Waals surface area contributed by atoms with Crippen molar-refractivity contribution in [3.8, 4) is 0 Å². The SMILES string of the molecule is O=C1NC(=O)C(CO)(CO)S1. The highest BCUT2D eigenvalue weighted by molar-refractivity contribution is 8.16. The number of carbonyl (C=O) groups excluding carboxylic acids is 2. The van der Waals surface area contributed by atoms with Crippen LogP contribution in [0.4, 0.5) is 4.79 Å². The van der Waals surface area contributed by atoms with Gasteiger partial charge in [-0.2, -0.15) is 0 Å². The van der Waals surface area contributed by atoms with Crippen LogP contribution in [0.2, 0.25) is 0 Å². The van der Waals surface area contributed by atoms with E-state index in [4.69, 9.17) is 10.2 Å². The first kappa shape index (κ1) is 8.51. The molecule has 0 bridgehead atoms. The van der Waals surface area contributed by atoms with Gasteiger partial charge in [-0.3, -0.25) is 14.9 Å². The lowest BCUT2D eigenvalue weighted by Crippen LogP contribution is -2.43. The van der Waals surface area contributed by atoms with Crippen LogP contribution in [0.3, 0.4) is 0 Å². The van der Waals surface area contributed by atoms with Crippen LogP contribution in [-0.4, -0.2) is 39.3 Å². The molecule has 62 valence electrons. The van der Waals surface area contributed by atoms with Crippen LogP contribution in [0.25, 0.3) is 0 Å². The molecule has 1 saturated heterocycles. The van der Waals surface area contributed by atoms with E-state index in [0.29, 0.717) is 11.8 Å². The Hall–Kier alpha value is -0.590. The zero-order chi connectivity index (χ0) is 8.48. The van der Waals surface area contributed by atoms with E-state index >= 15 is 0 Å². The summed E-state index contributed by atoms with van der Waals surface area (Å²) in [6, 6.07) is 0. The van der Waals surface area contributed by atoms with Crippen molar-refractivity contribution in [1.29, 1.82) is 0 Å². The van der Waals surface area contributed by atoms with Crippen molar-refractivity contribution in [2.75, 3.05) is 13.2 Å². The first-order chi connectivity index (χ1) is 5.14. The molecule has 0 radical (unpaired) electrons. The second-order valence-electron chi connectivity index (χ2n) is 2.15. The molecule has 1 rings (SSSR count). The molecule has 5 nitrogen and oxygen atoms in total. The average Bonchev–Trinajstić information content (AvgIpc) is 2.27. The molecule has 0 spiro atoms. The zero-order valence-electron chi connectivity index (χ0n) is 5.53. The van der Waals surface area contributed by atoms with Gasteiger partial charge < -0.3 is 10.2 Å². The fourth-order valence-corrected chi connectivity index (χ4v) is 1.49. The number of aliphatic hydroxyl groups is 2. The summed E-state index contributed by atoms with van der Waals surface area (Å²) in [5, 5.41) is 18.9. The van der Waals surface area contributed by atoms with Crippen molar-refractivity contribution < 1.29 is 19.8 Å². The van der Waals surface area contributed by atoms with Crippen LogP contribution in [-0.2, 0) is 4.79 Å². The molecular formula is C5H7NO4S. The number of hydrogen-bond donors (Lipinski definition) is 3. The Morgan fingerprint density at radius 3 is 2.09 bits per heavy atom. The second-order valence-corrected chi connectivity index (χ2v) is 3.51. The van der Waals surface area contributed by atoms with Gasteiger partial charge in [0.2, 0.25) is 5.91 Å². The maximum Gasteiger partial charge on any atom is 0.286 e. The van der Waals surface area contributed by atoms with Gasteiger partial charge in [-0.05, 0) is 11.8 Å². The minimum atomic E-state index is -1.36. The van der Waals surface area contributed by atoms with E-state index in [-0.39, 0.29) is 0 Å². The molecule has 0 aromatic rings. The maximum absolute atomic E-state index is 10.9. The smallest absolute Gasteiger partial charge is 0.286 e. The number of imide groups is 1. The van der Waals surface area contributed by atoms with Crippen molar-refractivity contribution in [3.05, 3.63) is 0 Å². The minimum absolute atomic E-state index is 0.530. The van der Waals surface area contributed by atoms with Crippen LogP contribution in [0.15, 0.2) is 0 Å². The molecule has 3 N–H and O–H groups in total. The van der Waals surface area contributed by atoms with Gasteiger partial charge in [-0.1, -0.05) is 0 Å². The summed E-state index contributed by atoms with van der Waals surface area (Å²) in [7, 11) is 0. The van der Waals surface area contributed by atoms with Gasteiger partial charge in [0.15, 0.2) is 0 Å². The molecule has 1 aliphatic heterocycles. The molecular weight excluding hydrogens is 170 g/mol. The summed E-state index contributed by atoms with van der Waals surface area (Å²) in [5.74, 6) is -0.627. The van der Waals surface area contributed by atoms with E-state index in [1.807, 2.05) is 5.32 Å². The maximum atomic E-state index is 10.9. The molecule has 0 saturated carbocycles. The number of hydrogen-bond acceptors (Lipinski definition) is 5. The van der Waals surface area contributed by atoms with Crippen molar-refractivity contribution in [3.63, 3.8) is 0 Å². The molecule has 0 aromatic heterocycles. The van der Waals surface area contributed by atoms with Crippen molar-refractivity contribution >= 4 is 22.9 Å². The molecule has 0 aliphatic carbocycles. The lowest BCUT2D eigenvalue weighted by atomic mass is 10.1. The minimum Gasteiger partial charge on any atom is -0.394 e. The topological polar surface area (TPSA) is 86.6 Å². The van der Waals surface area contributed by atoms with Crippen molar-refractivity contribution in [2.24, 2.45) is 0 Å². The summed E-state index contributed by atoms with van der Waals surface area (Å²) in [4.78, 5) is 21.5. The van der Waals surface area contributed by atoms with E-state index in [1.54, 1.807) is 0 Å². The summed E-state index contributed by atoms with van der Waals surface area (Å²) < 4.78 is -1.36. The Labute approximate surface area is 66.8 Å². The Morgan fingerprint density at radius 1 is 1.36 bits per heavy atom. The van der Waals surface area contributed by atoms with Gasteiger partial charge in [0, 0.05) is 0 Å². The molecule has 1 aliphatic rings. The first-order valence-corrected chi connectivity index (χ1v) is 3.72. The van der Waals surface area contributed by atoms with Gasteiger partial charge in [0.1, 0.15) is 4.75 Å². The Kier molecular flexibility index (Phi) is 2.17. The third-order valence-corrected chi connectivity index (χ3v) is 2.55. The monoisotopic (exact) mass is 177 g/mol. The zero-order valence-corrected chi connectivity index (χ0v) is 6.35. The van der Waals surface area contributed by atoms with Gasteiger partial charge in [-0.25, -0.2) is 0 Å². The Morgan fingerprint density at radius 2 is 1.91 bits per heavy atom. The number of thioether (sulfide) groups is 1. The fourth-order valence-electron chi connectivity index (χ4n) is 0.714. The summed E-state index contributed by atoms with van der Waals surface area (Å²) in [6.45, 7) is -1.07. The predicted molar refractivity (Wildman–Crippen MR) is 38.0 cm³/mol. The van der Waals surface area contributed by atoms with Gasteiger partial charge in [-0.15, -0.1) is 0 Å². The molecule has 0 unspecified atom stereocenters. The number of amides is 2. The lowest BCUT2D eigenvalue weighted by molar-refractivity contribution is -0.123. The molecule has 11 heavy (non-hydrogen) atoms. The number of aliphatic hydroxyl groups excluding tert-OH is 2. The summed E-state index contributed by atoms with van der Waals surface area (Å²) >= 11 is 0.622. The Bertz CT molecular complexity index is 201.